The van der Waals surface area contributed by atoms with Gasteiger partial charge in [-0.2, -0.15) is 0 Å². The first-order valence-electron chi connectivity index (χ1n) is 12.2. The zero-order valence-electron chi connectivity index (χ0n) is 21.5. The third kappa shape index (κ3) is 6.27. The smallest absolute Gasteiger partial charge is 0.323 e. The highest BCUT2D eigenvalue weighted by Crippen LogP contribution is 2.37. The molecule has 3 heterocycles. The van der Waals surface area contributed by atoms with Crippen LogP contribution in [0.3, 0.4) is 0 Å². The van der Waals surface area contributed by atoms with Crippen LogP contribution in [0.4, 0.5) is 0 Å². The van der Waals surface area contributed by atoms with E-state index in [1.807, 2.05) is 61.7 Å². The Morgan fingerprint density at radius 3 is 2.73 bits per heavy atom. The van der Waals surface area contributed by atoms with Gasteiger partial charge < -0.3 is 19.0 Å². The SMILES string of the molecule is Cc1oc(-c2ccccc2)nc1C(C)Oc1ccc(/C=C2/SC(=S)N(CC(=O)O)C2=O)c(OCc2cccs2)c1. The summed E-state index contributed by atoms with van der Waals surface area (Å²) < 4.78 is 18.5. The van der Waals surface area contributed by atoms with Gasteiger partial charge in [0.05, 0.1) is 4.91 Å². The minimum Gasteiger partial charge on any atom is -0.487 e. The standard InChI is InChI=1S/C29H24N2O6S3/c1-17(26-18(2)37-27(30-26)19-7-4-3-5-8-19)36-21-11-10-20(23(14-21)35-16-22-9-6-12-39-22)13-24-28(34)31(15-25(32)33)29(38)40-24/h3-14,17H,15-16H2,1-2H3,(H,32,33)/b24-13+. The first-order valence-corrected chi connectivity index (χ1v) is 14.3. The summed E-state index contributed by atoms with van der Waals surface area (Å²) in [6.07, 6.45) is 1.25. The molecule has 1 N–H and O–H groups in total. The van der Waals surface area contributed by atoms with Crippen LogP contribution in [0.15, 0.2) is 75.4 Å². The number of ether oxygens (including phenoxy) is 2. The van der Waals surface area contributed by atoms with E-state index in [0.29, 0.717) is 45.9 Å². The molecule has 1 fully saturated rings. The molecular weight excluding hydrogens is 569 g/mol. The number of benzene rings is 2. The van der Waals surface area contributed by atoms with E-state index in [-0.39, 0.29) is 4.32 Å². The van der Waals surface area contributed by atoms with Crippen molar-refractivity contribution >= 4 is 57.6 Å². The summed E-state index contributed by atoms with van der Waals surface area (Å²) in [5.41, 5.74) is 2.20. The minimum absolute atomic E-state index is 0.200. The molecule has 1 saturated heterocycles. The zero-order chi connectivity index (χ0) is 28.2. The predicted molar refractivity (Wildman–Crippen MR) is 158 cm³/mol. The van der Waals surface area contributed by atoms with E-state index >= 15 is 0 Å². The van der Waals surface area contributed by atoms with Gasteiger partial charge in [0, 0.05) is 22.1 Å². The number of carbonyl (C=O) groups excluding carboxylic acids is 1. The quantitative estimate of drug-likeness (QED) is 0.159. The van der Waals surface area contributed by atoms with Crippen molar-refractivity contribution < 1.29 is 28.6 Å². The number of thioether (sulfide) groups is 1. The average Bonchev–Trinajstić information content (AvgIpc) is 3.66. The minimum atomic E-state index is -1.13. The molecule has 1 aliphatic heterocycles. The monoisotopic (exact) mass is 592 g/mol. The lowest BCUT2D eigenvalue weighted by molar-refractivity contribution is -0.140. The predicted octanol–water partition coefficient (Wildman–Crippen LogP) is 6.72. The van der Waals surface area contributed by atoms with Gasteiger partial charge in [0.2, 0.25) is 5.89 Å². The fourth-order valence-corrected chi connectivity index (χ4v) is 5.90. The Balaban J connectivity index is 1.40. The highest BCUT2D eigenvalue weighted by Gasteiger charge is 2.33. The molecule has 5 rings (SSSR count). The Kier molecular flexibility index (Phi) is 8.34. The molecule has 0 spiro atoms. The largest absolute Gasteiger partial charge is 0.487 e. The number of aromatic nitrogens is 1. The van der Waals surface area contributed by atoms with Gasteiger partial charge >= 0.3 is 5.97 Å². The molecule has 1 atom stereocenters. The summed E-state index contributed by atoms with van der Waals surface area (Å²) in [6.45, 7) is 3.60. The number of aliphatic carboxylic acids is 1. The number of carbonyl (C=O) groups is 2. The van der Waals surface area contributed by atoms with E-state index in [1.165, 1.54) is 0 Å². The Hall–Kier alpha value is -3.93. The molecule has 2 aromatic carbocycles. The number of thiocarbonyl (C=S) groups is 1. The lowest BCUT2D eigenvalue weighted by Gasteiger charge is -2.16. The van der Waals surface area contributed by atoms with Crippen LogP contribution in [0.1, 0.15) is 34.9 Å². The van der Waals surface area contributed by atoms with Crippen molar-refractivity contribution in [2.45, 2.75) is 26.6 Å². The Morgan fingerprint density at radius 2 is 2.00 bits per heavy atom. The van der Waals surface area contributed by atoms with Gasteiger partial charge in [0.15, 0.2) is 0 Å². The van der Waals surface area contributed by atoms with E-state index < -0.39 is 24.5 Å². The van der Waals surface area contributed by atoms with Crippen molar-refractivity contribution in [3.8, 4) is 23.0 Å². The molecular formula is C29H24N2O6S3. The van der Waals surface area contributed by atoms with Crippen LogP contribution in [0.25, 0.3) is 17.5 Å². The molecule has 0 radical (unpaired) electrons. The van der Waals surface area contributed by atoms with Crippen molar-refractivity contribution in [3.63, 3.8) is 0 Å². The third-order valence-corrected chi connectivity index (χ3v) is 8.17. The number of carboxylic acids is 1. The average molecular weight is 593 g/mol. The highest BCUT2D eigenvalue weighted by atomic mass is 32.2. The fraction of sp³-hybridized carbons (Fsp3) is 0.172. The Bertz CT molecular complexity index is 1580. The van der Waals surface area contributed by atoms with E-state index in [9.17, 15) is 9.59 Å². The molecule has 204 valence electrons. The van der Waals surface area contributed by atoms with Crippen LogP contribution in [0, 0.1) is 6.92 Å². The maximum atomic E-state index is 12.8. The molecule has 0 bridgehead atoms. The first kappa shape index (κ1) is 27.6. The summed E-state index contributed by atoms with van der Waals surface area (Å²) in [6, 6.07) is 18.9. The second-order valence-electron chi connectivity index (χ2n) is 8.82. The van der Waals surface area contributed by atoms with Crippen LogP contribution < -0.4 is 9.47 Å². The summed E-state index contributed by atoms with van der Waals surface area (Å²) in [4.78, 5) is 31.1. The number of carboxylic acid groups (broad SMARTS) is 1. The molecule has 0 aliphatic carbocycles. The first-order chi connectivity index (χ1) is 19.3. The molecule has 2 aromatic heterocycles. The zero-order valence-corrected chi connectivity index (χ0v) is 24.0. The molecule has 4 aromatic rings. The maximum absolute atomic E-state index is 12.8. The number of hydrogen-bond donors (Lipinski definition) is 1. The van der Waals surface area contributed by atoms with E-state index in [2.05, 4.69) is 4.98 Å². The van der Waals surface area contributed by atoms with Crippen LogP contribution in [0.2, 0.25) is 0 Å². The molecule has 1 amide bonds. The molecule has 1 aliphatic rings. The molecule has 1 unspecified atom stereocenters. The highest BCUT2D eigenvalue weighted by molar-refractivity contribution is 8.26. The van der Waals surface area contributed by atoms with E-state index in [4.69, 9.17) is 31.2 Å². The fourth-order valence-electron chi connectivity index (χ4n) is 4.04. The second kappa shape index (κ2) is 12.1. The van der Waals surface area contributed by atoms with Gasteiger partial charge in [-0.25, -0.2) is 4.98 Å². The number of hydrogen-bond acceptors (Lipinski definition) is 9. The lowest BCUT2D eigenvalue weighted by Crippen LogP contribution is -2.33. The van der Waals surface area contributed by atoms with Gasteiger partial charge in [-0.1, -0.05) is 48.2 Å². The Labute approximate surface area is 244 Å². The number of nitrogens with zero attached hydrogens (tertiary/aromatic N) is 2. The van der Waals surface area contributed by atoms with Crippen molar-refractivity contribution in [1.82, 2.24) is 9.88 Å². The molecule has 11 heteroatoms. The van der Waals surface area contributed by atoms with Crippen molar-refractivity contribution in [1.29, 1.82) is 0 Å². The van der Waals surface area contributed by atoms with E-state index in [0.717, 1.165) is 27.1 Å². The van der Waals surface area contributed by atoms with Crippen LogP contribution in [0.5, 0.6) is 11.5 Å². The normalized spacial score (nSPS) is 15.1. The van der Waals surface area contributed by atoms with Gasteiger partial charge in [-0.15, -0.1) is 11.3 Å². The summed E-state index contributed by atoms with van der Waals surface area (Å²) >= 11 is 7.86. The van der Waals surface area contributed by atoms with Crippen molar-refractivity contribution in [2.24, 2.45) is 0 Å². The van der Waals surface area contributed by atoms with Gasteiger partial charge in [-0.05, 0) is 55.6 Å². The van der Waals surface area contributed by atoms with Crippen LogP contribution in [-0.4, -0.2) is 37.7 Å². The van der Waals surface area contributed by atoms with Gasteiger partial charge in [0.1, 0.15) is 46.5 Å². The number of thiophene rings is 1. The molecule has 40 heavy (non-hydrogen) atoms. The summed E-state index contributed by atoms with van der Waals surface area (Å²) in [5, 5.41) is 11.1. The maximum Gasteiger partial charge on any atom is 0.323 e. The third-order valence-electron chi connectivity index (χ3n) is 5.94. The van der Waals surface area contributed by atoms with Gasteiger partial charge in [0.25, 0.3) is 5.91 Å². The number of amides is 1. The topological polar surface area (TPSA) is 102 Å². The van der Waals surface area contributed by atoms with Crippen LogP contribution >= 0.6 is 35.3 Å². The Morgan fingerprint density at radius 1 is 1.20 bits per heavy atom. The lowest BCUT2D eigenvalue weighted by atomic mass is 10.1. The second-order valence-corrected chi connectivity index (χ2v) is 11.5. The van der Waals surface area contributed by atoms with Crippen LogP contribution in [-0.2, 0) is 16.2 Å². The molecule has 8 nitrogen and oxygen atoms in total. The number of rotatable bonds is 10. The number of aryl methyl sites for hydroxylation is 1. The van der Waals surface area contributed by atoms with Crippen molar-refractivity contribution in [2.75, 3.05) is 6.54 Å². The van der Waals surface area contributed by atoms with Crippen molar-refractivity contribution in [3.05, 3.63) is 92.8 Å². The molecule has 0 saturated carbocycles. The number of oxazole rings is 1. The summed E-state index contributed by atoms with van der Waals surface area (Å²) in [7, 11) is 0. The van der Waals surface area contributed by atoms with E-state index in [1.54, 1.807) is 35.6 Å². The van der Waals surface area contributed by atoms with Gasteiger partial charge in [-0.3, -0.25) is 14.5 Å². The summed E-state index contributed by atoms with van der Waals surface area (Å²) in [5.74, 6) is 0.661.